The van der Waals surface area contributed by atoms with Crippen LogP contribution in [0.3, 0.4) is 0 Å². The highest BCUT2D eigenvalue weighted by molar-refractivity contribution is 9.10. The molecule has 1 aliphatic heterocycles. The van der Waals surface area contributed by atoms with Crippen molar-refractivity contribution in [3.8, 4) is 17.1 Å². The van der Waals surface area contributed by atoms with E-state index < -0.39 is 18.2 Å². The van der Waals surface area contributed by atoms with Crippen molar-refractivity contribution in [2.24, 2.45) is 0 Å². The lowest BCUT2D eigenvalue weighted by molar-refractivity contribution is -0.274. The average molecular weight is 521 g/mol. The topological polar surface area (TPSA) is 93.4 Å². The van der Waals surface area contributed by atoms with Crippen LogP contribution in [-0.2, 0) is 4.79 Å². The Balaban J connectivity index is 1.69. The molecule has 0 aliphatic carbocycles. The van der Waals surface area contributed by atoms with Gasteiger partial charge in [-0.25, -0.2) is 9.97 Å². The van der Waals surface area contributed by atoms with Crippen molar-refractivity contribution in [2.75, 3.05) is 11.9 Å². The number of rotatable bonds is 4. The number of piperidine rings is 1. The van der Waals surface area contributed by atoms with Crippen molar-refractivity contribution in [1.82, 2.24) is 24.9 Å². The number of hydrogen-bond acceptors (Lipinski definition) is 6. The monoisotopic (exact) mass is 520 g/mol. The summed E-state index contributed by atoms with van der Waals surface area (Å²) >= 11 is 3.48. The third-order valence-corrected chi connectivity index (χ3v) is 5.84. The van der Waals surface area contributed by atoms with E-state index in [-0.39, 0.29) is 23.2 Å². The Bertz CT molecular complexity index is 1370. The van der Waals surface area contributed by atoms with Gasteiger partial charge in [0.1, 0.15) is 11.8 Å². The van der Waals surface area contributed by atoms with E-state index in [0.29, 0.717) is 34.0 Å². The highest BCUT2D eigenvalue weighted by Crippen LogP contribution is 2.34. The van der Waals surface area contributed by atoms with Crippen LogP contribution in [0.4, 0.5) is 19.1 Å². The molecule has 2 N–H and O–H groups in total. The van der Waals surface area contributed by atoms with E-state index in [1.165, 1.54) is 22.7 Å². The minimum atomic E-state index is -4.87. The van der Waals surface area contributed by atoms with Crippen LogP contribution in [0.15, 0.2) is 46.9 Å². The Kier molecular flexibility index (Phi) is 5.31. The number of nitrogens with zero attached hydrogens (tertiary/aromatic N) is 4. The highest BCUT2D eigenvalue weighted by Gasteiger charge is 2.33. The van der Waals surface area contributed by atoms with Crippen LogP contribution < -0.4 is 15.4 Å². The second kappa shape index (κ2) is 8.18. The van der Waals surface area contributed by atoms with Crippen molar-refractivity contribution in [3.05, 3.63) is 46.9 Å². The predicted molar refractivity (Wildman–Crippen MR) is 118 cm³/mol. The van der Waals surface area contributed by atoms with Crippen LogP contribution in [0.25, 0.3) is 27.9 Å². The van der Waals surface area contributed by atoms with Crippen molar-refractivity contribution >= 4 is 44.3 Å². The molecule has 0 radical (unpaired) electrons. The first-order chi connectivity index (χ1) is 15.8. The minimum absolute atomic E-state index is 0.0280. The maximum Gasteiger partial charge on any atom is 0.573 e. The molecule has 12 heteroatoms. The zero-order chi connectivity index (χ0) is 23.2. The number of carbonyl (C=O) groups excluding carboxylic acids is 1. The Labute approximate surface area is 193 Å². The third-order valence-electron chi connectivity index (χ3n) is 5.20. The molecule has 5 rings (SSSR count). The molecule has 1 atom stereocenters. The molecule has 0 spiro atoms. The van der Waals surface area contributed by atoms with Crippen LogP contribution in [0.1, 0.15) is 12.8 Å². The predicted octanol–water partition coefficient (Wildman–Crippen LogP) is 4.30. The fourth-order valence-electron chi connectivity index (χ4n) is 3.73. The maximum absolute atomic E-state index is 12.9. The lowest BCUT2D eigenvalue weighted by Crippen LogP contribution is -2.44. The van der Waals surface area contributed by atoms with Gasteiger partial charge in [0.2, 0.25) is 11.9 Å². The zero-order valence-electron chi connectivity index (χ0n) is 16.9. The molecule has 170 valence electrons. The summed E-state index contributed by atoms with van der Waals surface area (Å²) in [6.45, 7) is 0.604. The number of alkyl halides is 3. The van der Waals surface area contributed by atoms with Gasteiger partial charge in [-0.2, -0.15) is 4.52 Å². The molecule has 1 fully saturated rings. The maximum atomic E-state index is 12.9. The van der Waals surface area contributed by atoms with Gasteiger partial charge in [-0.05, 0) is 53.0 Å². The fourth-order valence-corrected chi connectivity index (χ4v) is 4.19. The summed E-state index contributed by atoms with van der Waals surface area (Å²) in [6, 6.07) is 10.5. The molecule has 8 nitrogen and oxygen atoms in total. The van der Waals surface area contributed by atoms with Crippen LogP contribution in [0.5, 0.6) is 5.75 Å². The van der Waals surface area contributed by atoms with E-state index in [1.807, 2.05) is 6.07 Å². The first-order valence-corrected chi connectivity index (χ1v) is 10.8. The number of nitrogens with one attached hydrogen (secondary N) is 2. The molecule has 1 amide bonds. The number of fused-ring (bicyclic) bond motifs is 3. The largest absolute Gasteiger partial charge is 0.573 e. The molecular formula is C21H16BrF3N6O2. The molecule has 33 heavy (non-hydrogen) atoms. The lowest BCUT2D eigenvalue weighted by atomic mass is 10.1. The number of ether oxygens (including phenoxy) is 1. The van der Waals surface area contributed by atoms with Gasteiger partial charge in [0.05, 0.1) is 11.1 Å². The normalized spacial score (nSPS) is 16.7. The van der Waals surface area contributed by atoms with Crippen LogP contribution in [-0.4, -0.2) is 44.4 Å². The Morgan fingerprint density at radius 1 is 1.15 bits per heavy atom. The van der Waals surface area contributed by atoms with Gasteiger partial charge >= 0.3 is 6.36 Å². The number of anilines is 1. The standard InChI is InChI=1S/C21H16BrF3N6O2/c22-13-7-3-6-12-16(13)28-20(27-14-8-4-10-26-19(14)32)31-18(12)29-17(30-31)11-5-1-2-9-15(11)33-21(23,24)25/h1-3,5-7,9,14H,4,8,10H2,(H,26,32)(H,27,28)/t14-/m1/s1. The van der Waals surface area contributed by atoms with Crippen molar-refractivity contribution < 1.29 is 22.7 Å². The molecule has 2 aromatic heterocycles. The number of hydrogen-bond donors (Lipinski definition) is 2. The second-order valence-corrected chi connectivity index (χ2v) is 8.27. The Hall–Kier alpha value is -3.41. The van der Waals surface area contributed by atoms with E-state index in [4.69, 9.17) is 0 Å². The summed E-state index contributed by atoms with van der Waals surface area (Å²) < 4.78 is 45.0. The summed E-state index contributed by atoms with van der Waals surface area (Å²) in [5.41, 5.74) is 1.02. The number of benzene rings is 2. The average Bonchev–Trinajstić information content (AvgIpc) is 3.21. The number of halogens is 4. The summed E-state index contributed by atoms with van der Waals surface area (Å²) in [5.74, 6) is -0.298. The molecular weight excluding hydrogens is 505 g/mol. The van der Waals surface area contributed by atoms with Crippen LogP contribution in [0, 0.1) is 0 Å². The van der Waals surface area contributed by atoms with E-state index in [2.05, 4.69) is 46.4 Å². The smallest absolute Gasteiger partial charge is 0.405 e. The molecule has 1 aliphatic rings. The number of carbonyl (C=O) groups is 1. The Morgan fingerprint density at radius 2 is 1.97 bits per heavy atom. The SMILES string of the molecule is O=C1NCCC[C@H]1Nc1nc2c(Br)cccc2c2nc(-c3ccccc3OC(F)(F)F)nn12. The molecule has 1 saturated heterocycles. The number of aromatic nitrogens is 4. The second-order valence-electron chi connectivity index (χ2n) is 7.42. The fraction of sp³-hybridized carbons (Fsp3) is 0.238. The summed E-state index contributed by atoms with van der Waals surface area (Å²) in [5, 5.41) is 11.0. The Morgan fingerprint density at radius 3 is 2.76 bits per heavy atom. The van der Waals surface area contributed by atoms with Crippen molar-refractivity contribution in [3.63, 3.8) is 0 Å². The molecule has 2 aromatic carbocycles. The molecule has 0 unspecified atom stereocenters. The number of para-hydroxylation sites is 2. The summed E-state index contributed by atoms with van der Waals surface area (Å²) in [7, 11) is 0. The van der Waals surface area contributed by atoms with Crippen LogP contribution >= 0.6 is 15.9 Å². The summed E-state index contributed by atoms with van der Waals surface area (Å²) in [4.78, 5) is 21.4. The minimum Gasteiger partial charge on any atom is -0.405 e. The van der Waals surface area contributed by atoms with Gasteiger partial charge in [-0.1, -0.05) is 18.2 Å². The van der Waals surface area contributed by atoms with Gasteiger partial charge in [-0.15, -0.1) is 18.3 Å². The third kappa shape index (κ3) is 4.17. The van der Waals surface area contributed by atoms with Gasteiger partial charge < -0.3 is 15.4 Å². The van der Waals surface area contributed by atoms with E-state index in [1.54, 1.807) is 18.2 Å². The van der Waals surface area contributed by atoms with Crippen LogP contribution in [0.2, 0.25) is 0 Å². The lowest BCUT2D eigenvalue weighted by Gasteiger charge is -2.23. The van der Waals surface area contributed by atoms with E-state index in [9.17, 15) is 18.0 Å². The highest BCUT2D eigenvalue weighted by atomic mass is 79.9. The van der Waals surface area contributed by atoms with E-state index in [0.717, 1.165) is 6.42 Å². The first-order valence-electron chi connectivity index (χ1n) is 10.0. The van der Waals surface area contributed by atoms with Crippen molar-refractivity contribution in [2.45, 2.75) is 25.2 Å². The first kappa shape index (κ1) is 21.4. The quantitative estimate of drug-likeness (QED) is 0.416. The molecule has 4 aromatic rings. The van der Waals surface area contributed by atoms with Gasteiger partial charge in [0.15, 0.2) is 11.5 Å². The van der Waals surface area contributed by atoms with Gasteiger partial charge in [0, 0.05) is 16.4 Å². The molecule has 3 heterocycles. The number of amides is 1. The summed E-state index contributed by atoms with van der Waals surface area (Å²) in [6.07, 6.45) is -3.46. The van der Waals surface area contributed by atoms with Crippen molar-refractivity contribution in [1.29, 1.82) is 0 Å². The molecule has 0 bridgehead atoms. The zero-order valence-corrected chi connectivity index (χ0v) is 18.4. The van der Waals surface area contributed by atoms with Gasteiger partial charge in [-0.3, -0.25) is 4.79 Å². The van der Waals surface area contributed by atoms with E-state index >= 15 is 0 Å². The molecule has 0 saturated carbocycles. The van der Waals surface area contributed by atoms with Gasteiger partial charge in [0.25, 0.3) is 0 Å².